The second kappa shape index (κ2) is 7.07. The van der Waals surface area contributed by atoms with E-state index in [2.05, 4.69) is 19.5 Å². The molecule has 1 heterocycles. The van der Waals surface area contributed by atoms with Crippen molar-refractivity contribution in [3.8, 4) is 0 Å². The summed E-state index contributed by atoms with van der Waals surface area (Å²) in [5.74, 6) is -0.0944. The van der Waals surface area contributed by atoms with Gasteiger partial charge < -0.3 is 15.0 Å². The van der Waals surface area contributed by atoms with Gasteiger partial charge in [-0.2, -0.15) is 0 Å². The smallest absolute Gasteiger partial charge is 0.408 e. The van der Waals surface area contributed by atoms with E-state index < -0.39 is 17.7 Å². The van der Waals surface area contributed by atoms with Gasteiger partial charge >= 0.3 is 6.09 Å². The summed E-state index contributed by atoms with van der Waals surface area (Å²) in [4.78, 5) is 26.0. The van der Waals surface area contributed by atoms with Gasteiger partial charge in [0.2, 0.25) is 5.91 Å². The molecule has 1 aromatic rings. The first-order valence-corrected chi connectivity index (χ1v) is 8.04. The minimum absolute atomic E-state index is 0.0944. The third-order valence-electron chi connectivity index (χ3n) is 3.54. The molecule has 1 aliphatic heterocycles. The Morgan fingerprint density at radius 1 is 1.35 bits per heavy atom. The number of anilines is 1. The number of nitrogens with one attached hydrogen (secondary N) is 1. The van der Waals surface area contributed by atoms with E-state index in [9.17, 15) is 9.59 Å². The van der Waals surface area contributed by atoms with Crippen molar-refractivity contribution in [1.82, 2.24) is 5.32 Å². The Morgan fingerprint density at radius 3 is 2.57 bits per heavy atom. The maximum Gasteiger partial charge on any atom is 0.408 e. The lowest BCUT2D eigenvalue weighted by molar-refractivity contribution is -0.118. The zero-order valence-corrected chi connectivity index (χ0v) is 14.3. The van der Waals surface area contributed by atoms with Gasteiger partial charge in [-0.1, -0.05) is 30.8 Å². The Labute approximate surface area is 138 Å². The SMILES string of the molecule is CC[B]c1ccc(N2CCC(NC(=O)OC(C)(C)C)C2=O)cc1. The highest BCUT2D eigenvalue weighted by atomic mass is 16.6. The summed E-state index contributed by atoms with van der Waals surface area (Å²) in [5, 5.41) is 2.66. The van der Waals surface area contributed by atoms with Gasteiger partial charge in [-0.25, -0.2) is 4.79 Å². The Kier molecular flexibility index (Phi) is 5.34. The average Bonchev–Trinajstić information content (AvgIpc) is 2.79. The maximum absolute atomic E-state index is 12.5. The minimum atomic E-state index is -0.572. The first-order valence-electron chi connectivity index (χ1n) is 8.04. The molecule has 1 radical (unpaired) electrons. The summed E-state index contributed by atoms with van der Waals surface area (Å²) in [6, 6.07) is 7.36. The van der Waals surface area contributed by atoms with Crippen LogP contribution in [0.2, 0.25) is 6.32 Å². The van der Waals surface area contributed by atoms with Crippen molar-refractivity contribution in [2.75, 3.05) is 11.4 Å². The van der Waals surface area contributed by atoms with E-state index in [0.29, 0.717) is 13.0 Å². The van der Waals surface area contributed by atoms with Gasteiger partial charge in [-0.15, -0.1) is 0 Å². The van der Waals surface area contributed by atoms with Crippen LogP contribution in [0, 0.1) is 0 Å². The van der Waals surface area contributed by atoms with E-state index in [1.807, 2.05) is 24.3 Å². The van der Waals surface area contributed by atoms with Crippen molar-refractivity contribution >= 4 is 30.4 Å². The summed E-state index contributed by atoms with van der Waals surface area (Å²) in [6.45, 7) is 8.07. The van der Waals surface area contributed by atoms with E-state index in [1.165, 1.54) is 0 Å². The number of alkyl carbamates (subject to hydrolysis) is 1. The van der Waals surface area contributed by atoms with Gasteiger partial charge in [0, 0.05) is 12.2 Å². The molecule has 2 amide bonds. The number of carbonyl (C=O) groups excluding carboxylic acids is 2. The number of hydrogen-bond donors (Lipinski definition) is 1. The van der Waals surface area contributed by atoms with Gasteiger partial charge in [0.25, 0.3) is 0 Å². The van der Waals surface area contributed by atoms with Crippen LogP contribution in [0.3, 0.4) is 0 Å². The largest absolute Gasteiger partial charge is 0.444 e. The topological polar surface area (TPSA) is 58.6 Å². The standard InChI is InChI=1S/C17H24BN2O3/c1-5-18-12-6-8-13(9-7-12)20-11-10-14(15(20)21)19-16(22)23-17(2,3)4/h6-9,14H,5,10-11H2,1-4H3,(H,19,22). The maximum atomic E-state index is 12.5. The van der Waals surface area contributed by atoms with Crippen LogP contribution in [-0.2, 0) is 9.53 Å². The van der Waals surface area contributed by atoms with Gasteiger partial charge in [0.05, 0.1) is 0 Å². The number of benzene rings is 1. The zero-order valence-electron chi connectivity index (χ0n) is 14.3. The van der Waals surface area contributed by atoms with Crippen molar-refractivity contribution in [2.45, 2.75) is 52.1 Å². The number of rotatable bonds is 4. The Hall–Kier alpha value is -1.98. The third kappa shape index (κ3) is 4.75. The van der Waals surface area contributed by atoms with Crippen molar-refractivity contribution in [3.63, 3.8) is 0 Å². The quantitative estimate of drug-likeness (QED) is 0.866. The molecule has 0 bridgehead atoms. The van der Waals surface area contributed by atoms with Crippen LogP contribution >= 0.6 is 0 Å². The molecule has 123 valence electrons. The van der Waals surface area contributed by atoms with Crippen molar-refractivity contribution in [2.24, 2.45) is 0 Å². The number of nitrogens with zero attached hydrogens (tertiary/aromatic N) is 1. The van der Waals surface area contributed by atoms with Crippen LogP contribution in [-0.4, -0.2) is 37.5 Å². The fraction of sp³-hybridized carbons (Fsp3) is 0.529. The van der Waals surface area contributed by atoms with E-state index in [4.69, 9.17) is 4.74 Å². The minimum Gasteiger partial charge on any atom is -0.444 e. The highest BCUT2D eigenvalue weighted by Gasteiger charge is 2.34. The lowest BCUT2D eigenvalue weighted by Crippen LogP contribution is -2.43. The summed E-state index contributed by atoms with van der Waals surface area (Å²) >= 11 is 0. The molecule has 1 fully saturated rings. The molecule has 1 aromatic carbocycles. The molecule has 1 unspecified atom stereocenters. The van der Waals surface area contributed by atoms with Crippen LogP contribution in [0.15, 0.2) is 24.3 Å². The van der Waals surface area contributed by atoms with E-state index >= 15 is 0 Å². The fourth-order valence-electron chi connectivity index (χ4n) is 2.55. The molecule has 1 atom stereocenters. The van der Waals surface area contributed by atoms with E-state index in [-0.39, 0.29) is 5.91 Å². The molecular formula is C17H24BN2O3. The second-order valence-electron chi connectivity index (χ2n) is 6.68. The molecule has 0 spiro atoms. The molecule has 23 heavy (non-hydrogen) atoms. The van der Waals surface area contributed by atoms with Crippen molar-refractivity contribution in [3.05, 3.63) is 24.3 Å². The fourth-order valence-corrected chi connectivity index (χ4v) is 2.55. The van der Waals surface area contributed by atoms with E-state index in [0.717, 1.165) is 17.5 Å². The van der Waals surface area contributed by atoms with Crippen LogP contribution < -0.4 is 15.7 Å². The Bertz CT molecular complexity index is 566. The van der Waals surface area contributed by atoms with Crippen LogP contribution in [0.4, 0.5) is 10.5 Å². The molecule has 0 aliphatic carbocycles. The van der Waals surface area contributed by atoms with E-state index in [1.54, 1.807) is 25.7 Å². The van der Waals surface area contributed by atoms with Crippen molar-refractivity contribution < 1.29 is 14.3 Å². The predicted octanol–water partition coefficient (Wildman–Crippen LogP) is 2.08. The summed E-state index contributed by atoms with van der Waals surface area (Å²) < 4.78 is 5.21. The van der Waals surface area contributed by atoms with Gasteiger partial charge in [-0.05, 0) is 39.3 Å². The molecule has 0 saturated carbocycles. The monoisotopic (exact) mass is 315 g/mol. The number of carbonyl (C=O) groups is 2. The molecular weight excluding hydrogens is 291 g/mol. The molecule has 1 N–H and O–H groups in total. The number of ether oxygens (including phenoxy) is 1. The first kappa shape index (κ1) is 17.4. The van der Waals surface area contributed by atoms with Crippen LogP contribution in [0.5, 0.6) is 0 Å². The predicted molar refractivity (Wildman–Crippen MR) is 92.4 cm³/mol. The molecule has 0 aromatic heterocycles. The summed E-state index contributed by atoms with van der Waals surface area (Å²) in [6.07, 6.45) is 1.01. The first-order chi connectivity index (χ1) is 10.8. The number of amides is 2. The Morgan fingerprint density at radius 2 is 2.00 bits per heavy atom. The van der Waals surface area contributed by atoms with Crippen LogP contribution in [0.1, 0.15) is 34.1 Å². The van der Waals surface area contributed by atoms with Crippen molar-refractivity contribution in [1.29, 1.82) is 0 Å². The molecule has 1 aliphatic rings. The second-order valence-corrected chi connectivity index (χ2v) is 6.68. The number of hydrogen-bond acceptors (Lipinski definition) is 3. The molecule has 1 saturated heterocycles. The molecule has 5 nitrogen and oxygen atoms in total. The van der Waals surface area contributed by atoms with Crippen LogP contribution in [0.25, 0.3) is 0 Å². The summed E-state index contributed by atoms with van der Waals surface area (Å²) in [5.41, 5.74) is 1.43. The molecule has 6 heteroatoms. The van der Waals surface area contributed by atoms with Gasteiger partial charge in [-0.3, -0.25) is 4.79 Å². The Balaban J connectivity index is 1.97. The normalized spacial score (nSPS) is 18.0. The lowest BCUT2D eigenvalue weighted by atomic mass is 9.68. The highest BCUT2D eigenvalue weighted by molar-refractivity contribution is 6.53. The third-order valence-corrected chi connectivity index (χ3v) is 3.54. The lowest BCUT2D eigenvalue weighted by Gasteiger charge is -2.21. The highest BCUT2D eigenvalue weighted by Crippen LogP contribution is 2.21. The van der Waals surface area contributed by atoms with Gasteiger partial charge in [0.15, 0.2) is 7.28 Å². The average molecular weight is 315 g/mol. The zero-order chi connectivity index (χ0) is 17.0. The molecule has 2 rings (SSSR count). The van der Waals surface area contributed by atoms with Gasteiger partial charge in [0.1, 0.15) is 11.6 Å². The summed E-state index contributed by atoms with van der Waals surface area (Å²) in [7, 11) is 2.13.